The molecule has 0 aliphatic heterocycles. The van der Waals surface area contributed by atoms with Gasteiger partial charge in [-0.15, -0.1) is 0 Å². The first-order valence-electron chi connectivity index (χ1n) is 7.01. The average Bonchev–Trinajstić information content (AvgIpc) is 2.40. The predicted molar refractivity (Wildman–Crippen MR) is 83.6 cm³/mol. The van der Waals surface area contributed by atoms with Crippen LogP contribution in [0.15, 0.2) is 23.1 Å². The lowest BCUT2D eigenvalue weighted by Gasteiger charge is -2.20. The van der Waals surface area contributed by atoms with Gasteiger partial charge in [-0.25, -0.2) is 8.42 Å². The van der Waals surface area contributed by atoms with E-state index in [1.54, 1.807) is 19.1 Å². The number of hydrogen-bond donors (Lipinski definition) is 1. The molecule has 0 saturated carbocycles. The Kier molecular flexibility index (Phi) is 5.92. The van der Waals surface area contributed by atoms with E-state index in [0.717, 1.165) is 16.3 Å². The van der Waals surface area contributed by atoms with Crippen molar-refractivity contribution in [1.29, 1.82) is 0 Å². The summed E-state index contributed by atoms with van der Waals surface area (Å²) in [4.78, 5) is 12.1. The first kappa shape index (κ1) is 17.7. The summed E-state index contributed by atoms with van der Waals surface area (Å²) in [5.41, 5.74) is 1.55. The molecular formula is C15H24N2O3S. The summed E-state index contributed by atoms with van der Waals surface area (Å²) in [6.07, 6.45) is 0.805. The highest BCUT2D eigenvalue weighted by atomic mass is 32.2. The molecule has 0 aliphatic rings. The van der Waals surface area contributed by atoms with Crippen LogP contribution in [-0.4, -0.2) is 38.3 Å². The van der Waals surface area contributed by atoms with E-state index in [-0.39, 0.29) is 23.4 Å². The van der Waals surface area contributed by atoms with Crippen LogP contribution in [0.4, 0.5) is 0 Å². The van der Waals surface area contributed by atoms with Crippen LogP contribution in [-0.2, 0) is 14.8 Å². The van der Waals surface area contributed by atoms with E-state index < -0.39 is 10.0 Å². The summed E-state index contributed by atoms with van der Waals surface area (Å²) in [6.45, 7) is 7.26. The highest BCUT2D eigenvalue weighted by Crippen LogP contribution is 2.20. The zero-order chi connectivity index (χ0) is 16.2. The maximum Gasteiger partial charge on any atom is 0.243 e. The molecule has 0 radical (unpaired) electrons. The smallest absolute Gasteiger partial charge is 0.243 e. The minimum Gasteiger partial charge on any atom is -0.353 e. The largest absolute Gasteiger partial charge is 0.353 e. The molecule has 0 heterocycles. The number of amides is 1. The molecule has 0 aromatic heterocycles. The van der Waals surface area contributed by atoms with Gasteiger partial charge in [0.05, 0.1) is 11.4 Å². The van der Waals surface area contributed by atoms with Crippen molar-refractivity contribution in [3.63, 3.8) is 0 Å². The van der Waals surface area contributed by atoms with Gasteiger partial charge in [0.2, 0.25) is 15.9 Å². The van der Waals surface area contributed by atoms with Gasteiger partial charge in [-0.3, -0.25) is 4.79 Å². The Hall–Kier alpha value is -1.40. The van der Waals surface area contributed by atoms with Gasteiger partial charge in [0.1, 0.15) is 0 Å². The minimum absolute atomic E-state index is 0.0364. The van der Waals surface area contributed by atoms with E-state index in [2.05, 4.69) is 5.32 Å². The minimum atomic E-state index is -3.66. The van der Waals surface area contributed by atoms with E-state index in [4.69, 9.17) is 0 Å². The number of aryl methyl sites for hydroxylation is 2. The lowest BCUT2D eigenvalue weighted by molar-refractivity contribution is -0.121. The Morgan fingerprint density at radius 1 is 1.33 bits per heavy atom. The van der Waals surface area contributed by atoms with Gasteiger partial charge < -0.3 is 5.32 Å². The fourth-order valence-corrected chi connectivity index (χ4v) is 3.30. The molecular weight excluding hydrogens is 288 g/mol. The van der Waals surface area contributed by atoms with Crippen LogP contribution in [0.1, 0.15) is 31.4 Å². The van der Waals surface area contributed by atoms with E-state index in [1.807, 2.05) is 26.8 Å². The molecule has 6 heteroatoms. The fraction of sp³-hybridized carbons (Fsp3) is 0.533. The molecule has 5 nitrogen and oxygen atoms in total. The van der Waals surface area contributed by atoms with E-state index in [1.165, 1.54) is 7.05 Å². The standard InChI is InChI=1S/C15H24N2O3S/c1-6-13(4)16-15(18)10-17(5)21(19,20)14-9-11(2)7-8-12(14)3/h7-9,13H,6,10H2,1-5H3,(H,16,18)/t13-/m1/s1. The molecule has 1 atom stereocenters. The van der Waals surface area contributed by atoms with E-state index in [9.17, 15) is 13.2 Å². The molecule has 1 aromatic carbocycles. The van der Waals surface area contributed by atoms with Crippen molar-refractivity contribution in [1.82, 2.24) is 9.62 Å². The molecule has 21 heavy (non-hydrogen) atoms. The van der Waals surface area contributed by atoms with Crippen molar-refractivity contribution < 1.29 is 13.2 Å². The number of benzene rings is 1. The van der Waals surface area contributed by atoms with E-state index >= 15 is 0 Å². The second-order valence-electron chi connectivity index (χ2n) is 5.41. The average molecular weight is 312 g/mol. The number of carbonyl (C=O) groups is 1. The van der Waals surface area contributed by atoms with Crippen LogP contribution in [0, 0.1) is 13.8 Å². The third-order valence-electron chi connectivity index (χ3n) is 3.42. The predicted octanol–water partition coefficient (Wildman–Crippen LogP) is 1.84. The monoisotopic (exact) mass is 312 g/mol. The highest BCUT2D eigenvalue weighted by molar-refractivity contribution is 7.89. The lowest BCUT2D eigenvalue weighted by Crippen LogP contribution is -2.41. The van der Waals surface area contributed by atoms with Crippen LogP contribution in [0.5, 0.6) is 0 Å². The van der Waals surface area contributed by atoms with Crippen LogP contribution in [0.3, 0.4) is 0 Å². The molecule has 1 aromatic rings. The van der Waals surface area contributed by atoms with Crippen LogP contribution < -0.4 is 5.32 Å². The van der Waals surface area contributed by atoms with Crippen molar-refractivity contribution in [3.8, 4) is 0 Å². The van der Waals surface area contributed by atoms with Crippen molar-refractivity contribution in [2.24, 2.45) is 0 Å². The number of likely N-dealkylation sites (N-methyl/N-ethyl adjacent to an activating group) is 1. The maximum atomic E-state index is 12.5. The van der Waals surface area contributed by atoms with Gasteiger partial charge in [-0.2, -0.15) is 4.31 Å². The number of hydrogen-bond acceptors (Lipinski definition) is 3. The van der Waals surface area contributed by atoms with Crippen molar-refractivity contribution >= 4 is 15.9 Å². The number of sulfonamides is 1. The summed E-state index contributed by atoms with van der Waals surface area (Å²) >= 11 is 0. The highest BCUT2D eigenvalue weighted by Gasteiger charge is 2.25. The molecule has 0 saturated heterocycles. The molecule has 0 unspecified atom stereocenters. The fourth-order valence-electron chi connectivity index (χ4n) is 1.86. The normalized spacial score (nSPS) is 13.2. The molecule has 118 valence electrons. The quantitative estimate of drug-likeness (QED) is 0.871. The molecule has 1 amide bonds. The van der Waals surface area contributed by atoms with Gasteiger partial charge >= 0.3 is 0 Å². The Morgan fingerprint density at radius 2 is 1.95 bits per heavy atom. The van der Waals surface area contributed by atoms with Crippen molar-refractivity contribution in [3.05, 3.63) is 29.3 Å². The number of nitrogens with one attached hydrogen (secondary N) is 1. The molecule has 1 rings (SSSR count). The van der Waals surface area contributed by atoms with Gasteiger partial charge in [-0.1, -0.05) is 19.1 Å². The van der Waals surface area contributed by atoms with Crippen molar-refractivity contribution in [2.75, 3.05) is 13.6 Å². The summed E-state index contributed by atoms with van der Waals surface area (Å²) in [7, 11) is -2.23. The Morgan fingerprint density at radius 3 is 2.52 bits per heavy atom. The number of nitrogens with zero attached hydrogens (tertiary/aromatic N) is 1. The van der Waals surface area contributed by atoms with E-state index in [0.29, 0.717) is 5.56 Å². The topological polar surface area (TPSA) is 66.5 Å². The summed E-state index contributed by atoms with van der Waals surface area (Å²) in [5.74, 6) is -0.291. The van der Waals surface area contributed by atoms with Crippen molar-refractivity contribution in [2.45, 2.75) is 45.1 Å². The number of carbonyl (C=O) groups excluding carboxylic acids is 1. The lowest BCUT2D eigenvalue weighted by atomic mass is 10.2. The second kappa shape index (κ2) is 7.04. The summed E-state index contributed by atoms with van der Waals surface area (Å²) < 4.78 is 26.2. The Balaban J connectivity index is 2.92. The summed E-state index contributed by atoms with van der Waals surface area (Å²) in [6, 6.07) is 5.31. The van der Waals surface area contributed by atoms with Crippen LogP contribution in [0.2, 0.25) is 0 Å². The van der Waals surface area contributed by atoms with Gasteiger partial charge in [0.15, 0.2) is 0 Å². The maximum absolute atomic E-state index is 12.5. The Labute approximate surface area is 127 Å². The molecule has 0 bridgehead atoms. The third-order valence-corrected chi connectivity index (χ3v) is 5.36. The second-order valence-corrected chi connectivity index (χ2v) is 7.42. The van der Waals surface area contributed by atoms with Crippen LogP contribution >= 0.6 is 0 Å². The molecule has 0 aliphatic carbocycles. The van der Waals surface area contributed by atoms with Gasteiger partial charge in [-0.05, 0) is 44.4 Å². The zero-order valence-corrected chi connectivity index (χ0v) is 14.1. The van der Waals surface area contributed by atoms with Gasteiger partial charge in [0.25, 0.3) is 0 Å². The zero-order valence-electron chi connectivity index (χ0n) is 13.3. The molecule has 1 N–H and O–H groups in total. The number of rotatable bonds is 6. The van der Waals surface area contributed by atoms with Crippen LogP contribution in [0.25, 0.3) is 0 Å². The molecule has 0 fully saturated rings. The first-order valence-corrected chi connectivity index (χ1v) is 8.45. The first-order chi connectivity index (χ1) is 9.68. The SMILES string of the molecule is CC[C@@H](C)NC(=O)CN(C)S(=O)(=O)c1cc(C)ccc1C. The third kappa shape index (κ3) is 4.54. The molecule has 0 spiro atoms. The van der Waals surface area contributed by atoms with Gasteiger partial charge in [0, 0.05) is 13.1 Å². The summed E-state index contributed by atoms with van der Waals surface area (Å²) in [5, 5.41) is 2.76. The Bertz CT molecular complexity index is 611.